The van der Waals surface area contributed by atoms with Gasteiger partial charge in [0.2, 0.25) is 17.7 Å². The molecule has 2 amide bonds. The highest BCUT2D eigenvalue weighted by Crippen LogP contribution is 2.46. The summed E-state index contributed by atoms with van der Waals surface area (Å²) in [5.74, 6) is 1.02. The minimum absolute atomic E-state index is 0.174. The SMILES string of the molecule is CC1(C)CC(CCN)CN1.CC1(COc2ccn(-c3ccc(C(=O)NS(=O)(=O)c4cccc(F)n4)c(Cl)n3)n2)CC1.CC1(COc2ccn(-c3ccc4c(n3)N3CC(CCNc5cccc(n5)S(=O)(=O)NC4=O)CC3(C)C)n2)CC1. The molecule has 22 nitrogen and oxygen atoms in total. The smallest absolute Gasteiger partial charge is 0.281 e. The molecule has 11 rings (SSSR count). The number of carbonyl (C=O) groups is 2. The van der Waals surface area contributed by atoms with Crippen LogP contribution in [0, 0.1) is 28.6 Å². The lowest BCUT2D eigenvalue weighted by Crippen LogP contribution is -2.41. The molecule has 6 aromatic rings. The van der Waals surface area contributed by atoms with Gasteiger partial charge in [-0.05, 0) is 153 Å². The van der Waals surface area contributed by atoms with Crippen LogP contribution in [0.1, 0.15) is 114 Å². The first-order chi connectivity index (χ1) is 37.8. The molecule has 26 heteroatoms. The molecule has 0 spiro atoms. The third-order valence-corrected chi connectivity index (χ3v) is 17.6. The highest BCUT2D eigenvalue weighted by atomic mass is 35.5. The van der Waals surface area contributed by atoms with Gasteiger partial charge in [0, 0.05) is 59.5 Å². The van der Waals surface area contributed by atoms with Gasteiger partial charge in [-0.25, -0.2) is 38.7 Å². The summed E-state index contributed by atoms with van der Waals surface area (Å²) in [6, 6.07) is 17.4. The molecule has 428 valence electrons. The Morgan fingerprint density at radius 2 is 1.48 bits per heavy atom. The van der Waals surface area contributed by atoms with Crippen LogP contribution in [0.5, 0.6) is 11.8 Å². The highest BCUT2D eigenvalue weighted by Gasteiger charge is 2.42. The Hall–Kier alpha value is -6.80. The third kappa shape index (κ3) is 14.4. The van der Waals surface area contributed by atoms with E-state index in [4.69, 9.17) is 31.8 Å². The average molecular weight is 1160 g/mol. The minimum atomic E-state index is -4.39. The topological polar surface area (TPSA) is 285 Å². The number of aromatic nitrogens is 8. The van der Waals surface area contributed by atoms with Crippen molar-refractivity contribution in [1.82, 2.24) is 54.3 Å². The number of pyridine rings is 4. The average Bonchev–Trinajstić information content (AvgIpc) is 4.09. The number of fused-ring (bicyclic) bond motifs is 6. The number of anilines is 2. The van der Waals surface area contributed by atoms with Crippen LogP contribution >= 0.6 is 11.6 Å². The van der Waals surface area contributed by atoms with Crippen LogP contribution in [0.2, 0.25) is 5.15 Å². The molecule has 2 saturated carbocycles. The molecular weight excluding hydrogens is 1090 g/mol. The zero-order chi connectivity index (χ0) is 57.3. The number of nitrogens with zero attached hydrogens (tertiary/aromatic N) is 9. The molecule has 2 saturated heterocycles. The van der Waals surface area contributed by atoms with E-state index in [0.29, 0.717) is 72.8 Å². The zero-order valence-electron chi connectivity index (χ0n) is 45.6. The molecule has 6 aromatic heterocycles. The molecule has 4 fully saturated rings. The van der Waals surface area contributed by atoms with E-state index in [2.05, 4.69) is 86.9 Å². The van der Waals surface area contributed by atoms with E-state index < -0.39 is 42.8 Å². The maximum Gasteiger partial charge on any atom is 0.281 e. The van der Waals surface area contributed by atoms with Crippen LogP contribution in [-0.2, 0) is 20.0 Å². The van der Waals surface area contributed by atoms with Crippen LogP contribution in [0.15, 0.2) is 95.2 Å². The number of nitrogens with one attached hydrogen (secondary N) is 4. The van der Waals surface area contributed by atoms with Crippen molar-refractivity contribution in [2.75, 3.05) is 49.6 Å². The number of rotatable bonds is 13. The predicted octanol–water partition coefficient (Wildman–Crippen LogP) is 6.86. The first-order valence-corrected chi connectivity index (χ1v) is 29.9. The second kappa shape index (κ2) is 23.0. The van der Waals surface area contributed by atoms with Crippen molar-refractivity contribution < 1.29 is 40.3 Å². The van der Waals surface area contributed by atoms with Crippen molar-refractivity contribution in [1.29, 1.82) is 0 Å². The van der Waals surface area contributed by atoms with Crippen molar-refractivity contribution in [3.63, 3.8) is 0 Å². The monoisotopic (exact) mass is 1160 g/mol. The van der Waals surface area contributed by atoms with E-state index in [1.807, 2.05) is 0 Å². The van der Waals surface area contributed by atoms with Crippen molar-refractivity contribution in [3.05, 3.63) is 107 Å². The Labute approximate surface area is 470 Å². The number of hydrogen-bond donors (Lipinski definition) is 5. The number of sulfonamides is 2. The van der Waals surface area contributed by atoms with Crippen molar-refractivity contribution in [3.8, 4) is 23.4 Å². The lowest BCUT2D eigenvalue weighted by molar-refractivity contribution is 0.0972. The number of halogens is 2. The normalized spacial score (nSPS) is 20.7. The highest BCUT2D eigenvalue weighted by molar-refractivity contribution is 7.90. The molecule has 4 bridgehead atoms. The number of nitrogens with two attached hydrogens (primary N) is 1. The quantitative estimate of drug-likeness (QED) is 0.0739. The summed E-state index contributed by atoms with van der Waals surface area (Å²) in [6.45, 7) is 17.6. The molecule has 2 aliphatic carbocycles. The van der Waals surface area contributed by atoms with E-state index in [0.717, 1.165) is 75.7 Å². The summed E-state index contributed by atoms with van der Waals surface area (Å²) in [5.41, 5.74) is 5.95. The van der Waals surface area contributed by atoms with Gasteiger partial charge in [-0.3, -0.25) is 9.59 Å². The fourth-order valence-corrected chi connectivity index (χ4v) is 11.7. The Morgan fingerprint density at radius 1 is 0.838 bits per heavy atom. The van der Waals surface area contributed by atoms with E-state index in [1.54, 1.807) is 58.2 Å². The number of ether oxygens (including phenoxy) is 2. The van der Waals surface area contributed by atoms with Gasteiger partial charge in [-0.1, -0.05) is 37.6 Å². The van der Waals surface area contributed by atoms with Gasteiger partial charge in [-0.15, -0.1) is 10.2 Å². The molecule has 0 aromatic carbocycles. The number of amides is 2. The van der Waals surface area contributed by atoms with Crippen molar-refractivity contribution >= 4 is 55.1 Å². The number of carbonyl (C=O) groups excluding carboxylic acids is 2. The fourth-order valence-electron chi connectivity index (χ4n) is 9.65. The van der Waals surface area contributed by atoms with Crippen LogP contribution in [0.25, 0.3) is 11.6 Å². The molecule has 6 N–H and O–H groups in total. The number of hydrogen-bond acceptors (Lipinski definition) is 18. The fraction of sp³-hybridized carbons (Fsp3) is 0.481. The minimum Gasteiger partial charge on any atom is -0.476 e. The molecule has 5 aliphatic rings. The lowest BCUT2D eigenvalue weighted by atomic mass is 9.94. The first kappa shape index (κ1) is 57.9. The maximum absolute atomic E-state index is 13.5. The van der Waals surface area contributed by atoms with Gasteiger partial charge in [0.1, 0.15) is 16.8 Å². The Kier molecular flexibility index (Phi) is 16.6. The molecular formula is C54H68ClFN14O8S2. The van der Waals surface area contributed by atoms with E-state index in [9.17, 15) is 30.8 Å². The molecule has 9 heterocycles. The lowest BCUT2D eigenvalue weighted by Gasteiger charge is -2.34. The van der Waals surface area contributed by atoms with Gasteiger partial charge in [-0.2, -0.15) is 21.2 Å². The maximum atomic E-state index is 13.5. The molecule has 0 radical (unpaired) electrons. The standard InChI is InChI=1S/C27H33N7O4S.C19H17ClFN5O4S.C8H18N2/c1-26(2)15-18-9-13-28-20-5-4-6-23(29-20)39(36,37)32-25(35)19-7-8-21(30-24(19)33(26)16-18)34-14-10-22(31-34)38-17-27(3)11-12-27;1-19(8-9-19)11-30-15-7-10-26(24-15)14-6-5-12(17(20)23-14)18(27)25-31(28,29)16-4-2-3-13(21)22-16;1-8(2)5-7(3-4-9)6-10-8/h4-8,10,14,18H,9,11-13,15-17H2,1-3H3,(H,28,29)(H,32,35);2-7,10H,8-9,11H2,1H3,(H,25,27);7,10H,3-6,9H2,1-2H3. The molecule has 3 aliphatic heterocycles. The molecule has 2 unspecified atom stereocenters. The van der Waals surface area contributed by atoms with E-state index in [-0.39, 0.29) is 37.7 Å². The van der Waals surface area contributed by atoms with E-state index >= 15 is 0 Å². The van der Waals surface area contributed by atoms with Crippen LogP contribution in [-0.4, -0.2) is 119 Å². The summed E-state index contributed by atoms with van der Waals surface area (Å²) >= 11 is 6.10. The van der Waals surface area contributed by atoms with Crippen molar-refractivity contribution in [2.24, 2.45) is 28.4 Å². The largest absolute Gasteiger partial charge is 0.476 e. The van der Waals surface area contributed by atoms with Crippen LogP contribution < -0.4 is 40.2 Å². The second-order valence-electron chi connectivity index (χ2n) is 23.1. The van der Waals surface area contributed by atoms with Gasteiger partial charge in [0.25, 0.3) is 31.9 Å². The summed E-state index contributed by atoms with van der Waals surface area (Å²) in [7, 11) is -8.60. The van der Waals surface area contributed by atoms with E-state index in [1.165, 1.54) is 35.7 Å². The first-order valence-electron chi connectivity index (χ1n) is 26.6. The predicted molar refractivity (Wildman–Crippen MR) is 298 cm³/mol. The summed E-state index contributed by atoms with van der Waals surface area (Å²) in [4.78, 5) is 44.4. The molecule has 2 atom stereocenters. The van der Waals surface area contributed by atoms with Crippen LogP contribution in [0.4, 0.5) is 16.0 Å². The summed E-state index contributed by atoms with van der Waals surface area (Å²) < 4.78 is 82.5. The summed E-state index contributed by atoms with van der Waals surface area (Å²) in [6.07, 6.45) is 12.2. The van der Waals surface area contributed by atoms with Crippen molar-refractivity contribution in [2.45, 2.75) is 114 Å². The van der Waals surface area contributed by atoms with Gasteiger partial charge in [0.15, 0.2) is 21.7 Å². The van der Waals surface area contributed by atoms with Gasteiger partial charge in [0.05, 0.1) is 24.3 Å². The summed E-state index contributed by atoms with van der Waals surface area (Å²) in [5, 5.41) is 14.4. The zero-order valence-corrected chi connectivity index (χ0v) is 48.0. The Morgan fingerprint density at radius 3 is 2.08 bits per heavy atom. The van der Waals surface area contributed by atoms with Gasteiger partial charge < -0.3 is 30.7 Å². The van der Waals surface area contributed by atoms with Crippen LogP contribution in [0.3, 0.4) is 0 Å². The third-order valence-electron chi connectivity index (χ3n) is 14.9. The molecule has 80 heavy (non-hydrogen) atoms. The van der Waals surface area contributed by atoms with Gasteiger partial charge >= 0.3 is 0 Å². The Balaban J connectivity index is 0.000000168. The second-order valence-corrected chi connectivity index (χ2v) is 26.7. The Bertz CT molecular complexity index is 3480.